The molecule has 0 spiro atoms. The molecule has 1 N–H and O–H groups in total. The van der Waals surface area contributed by atoms with Gasteiger partial charge in [0.15, 0.2) is 0 Å². The van der Waals surface area contributed by atoms with Crippen LogP contribution in [0.1, 0.15) is 24.1 Å². The van der Waals surface area contributed by atoms with Crippen molar-refractivity contribution in [2.45, 2.75) is 26.3 Å². The average Bonchev–Trinajstić information content (AvgIpc) is 3.17. The van der Waals surface area contributed by atoms with E-state index in [9.17, 15) is 9.59 Å². The Kier molecular flexibility index (Phi) is 5.48. The number of anilines is 1. The van der Waals surface area contributed by atoms with Crippen molar-refractivity contribution in [3.63, 3.8) is 0 Å². The molecule has 1 aliphatic heterocycles. The van der Waals surface area contributed by atoms with E-state index in [0.717, 1.165) is 35.8 Å². The van der Waals surface area contributed by atoms with Crippen LogP contribution in [0.25, 0.3) is 4.96 Å². The first kappa shape index (κ1) is 19.4. The van der Waals surface area contributed by atoms with Gasteiger partial charge >= 0.3 is 0 Å². The molecule has 8 nitrogen and oxygen atoms in total. The summed E-state index contributed by atoms with van der Waals surface area (Å²) in [6.07, 6.45) is 1.72. The van der Waals surface area contributed by atoms with Gasteiger partial charge in [-0.2, -0.15) is 4.52 Å². The number of nitrogens with zero attached hydrogens (tertiary/aromatic N) is 4. The SMILES string of the molecule is COc1ccccc1CNC(=O)[C@H]1CCCN(c2nn3c(=O)cc(C)nc3s2)C1. The number of hydrogen-bond acceptors (Lipinski definition) is 7. The van der Waals surface area contributed by atoms with Crippen LogP contribution in [0.5, 0.6) is 5.75 Å². The Hall–Kier alpha value is -2.94. The van der Waals surface area contributed by atoms with Crippen LogP contribution in [0.3, 0.4) is 0 Å². The fourth-order valence-electron chi connectivity index (χ4n) is 3.58. The number of fused-ring (bicyclic) bond motifs is 1. The highest BCUT2D eigenvalue weighted by Gasteiger charge is 2.28. The van der Waals surface area contributed by atoms with Crippen molar-refractivity contribution >= 4 is 27.3 Å². The van der Waals surface area contributed by atoms with Gasteiger partial charge in [-0.15, -0.1) is 5.10 Å². The second-order valence-corrected chi connectivity index (χ2v) is 8.06. The zero-order chi connectivity index (χ0) is 20.4. The third kappa shape index (κ3) is 4.09. The van der Waals surface area contributed by atoms with Gasteiger partial charge in [0, 0.05) is 37.0 Å². The van der Waals surface area contributed by atoms with Crippen molar-refractivity contribution in [3.05, 3.63) is 51.9 Å². The van der Waals surface area contributed by atoms with E-state index < -0.39 is 0 Å². The molecule has 3 heterocycles. The van der Waals surface area contributed by atoms with E-state index in [4.69, 9.17) is 4.74 Å². The Labute approximate surface area is 172 Å². The minimum Gasteiger partial charge on any atom is -0.496 e. The van der Waals surface area contributed by atoms with Gasteiger partial charge in [-0.1, -0.05) is 29.5 Å². The molecule has 4 rings (SSSR count). The number of benzene rings is 1. The van der Waals surface area contributed by atoms with Crippen LogP contribution < -0.4 is 20.5 Å². The standard InChI is InChI=1S/C20H23N5O3S/c1-13-10-17(26)25-19(22-13)29-20(23-25)24-9-5-7-15(12-24)18(27)21-11-14-6-3-4-8-16(14)28-2/h3-4,6,8,10,15H,5,7,9,11-12H2,1-2H3,(H,21,27)/t15-/m0/s1. The monoisotopic (exact) mass is 413 g/mol. The highest BCUT2D eigenvalue weighted by atomic mass is 32.1. The maximum Gasteiger partial charge on any atom is 0.275 e. The summed E-state index contributed by atoms with van der Waals surface area (Å²) in [6, 6.07) is 9.13. The predicted molar refractivity (Wildman–Crippen MR) is 112 cm³/mol. The minimum atomic E-state index is -0.182. The van der Waals surface area contributed by atoms with Crippen LogP contribution >= 0.6 is 11.3 Å². The lowest BCUT2D eigenvalue weighted by Gasteiger charge is -2.31. The molecule has 0 aliphatic carbocycles. The summed E-state index contributed by atoms with van der Waals surface area (Å²) in [7, 11) is 1.62. The van der Waals surface area contributed by atoms with Crippen LogP contribution in [0, 0.1) is 12.8 Å². The van der Waals surface area contributed by atoms with Gasteiger partial charge in [0.2, 0.25) is 16.0 Å². The average molecular weight is 414 g/mol. The van der Waals surface area contributed by atoms with Crippen molar-refractivity contribution in [2.24, 2.45) is 5.92 Å². The zero-order valence-corrected chi connectivity index (χ0v) is 17.2. The van der Waals surface area contributed by atoms with Gasteiger partial charge in [-0.05, 0) is 25.8 Å². The third-order valence-corrected chi connectivity index (χ3v) is 6.04. The van der Waals surface area contributed by atoms with Crippen molar-refractivity contribution in [1.82, 2.24) is 19.9 Å². The first-order valence-electron chi connectivity index (χ1n) is 9.57. The van der Waals surface area contributed by atoms with Crippen LogP contribution in [0.2, 0.25) is 0 Å². The van der Waals surface area contributed by atoms with Gasteiger partial charge in [0.1, 0.15) is 5.75 Å². The molecule has 1 aliphatic rings. The van der Waals surface area contributed by atoms with Gasteiger partial charge in [-0.3, -0.25) is 9.59 Å². The number of methoxy groups -OCH3 is 1. The number of ether oxygens (including phenoxy) is 1. The number of carbonyl (C=O) groups is 1. The number of amides is 1. The molecule has 152 valence electrons. The molecule has 29 heavy (non-hydrogen) atoms. The molecule has 0 unspecified atom stereocenters. The van der Waals surface area contributed by atoms with Gasteiger partial charge in [-0.25, -0.2) is 4.98 Å². The molecule has 1 atom stereocenters. The van der Waals surface area contributed by atoms with Gasteiger partial charge < -0.3 is 15.0 Å². The molecule has 2 aromatic heterocycles. The maximum absolute atomic E-state index is 12.8. The largest absolute Gasteiger partial charge is 0.496 e. The van der Waals surface area contributed by atoms with E-state index in [0.29, 0.717) is 23.7 Å². The van der Waals surface area contributed by atoms with Crippen LogP contribution in [0.4, 0.5) is 5.13 Å². The van der Waals surface area contributed by atoms with Crippen LogP contribution in [-0.4, -0.2) is 40.7 Å². The van der Waals surface area contributed by atoms with Crippen molar-refractivity contribution in [3.8, 4) is 5.75 Å². The van der Waals surface area contributed by atoms with E-state index in [1.807, 2.05) is 24.3 Å². The van der Waals surface area contributed by atoms with E-state index in [1.54, 1.807) is 14.0 Å². The molecular formula is C20H23N5O3S. The molecule has 0 bridgehead atoms. The normalized spacial score (nSPS) is 16.8. The van der Waals surface area contributed by atoms with Crippen LogP contribution in [-0.2, 0) is 11.3 Å². The first-order chi connectivity index (χ1) is 14.0. The number of rotatable bonds is 5. The summed E-state index contributed by atoms with van der Waals surface area (Å²) in [5, 5.41) is 8.18. The fourth-order valence-corrected chi connectivity index (χ4v) is 4.57. The number of aromatic nitrogens is 3. The maximum atomic E-state index is 12.8. The molecular weight excluding hydrogens is 390 g/mol. The number of aryl methyl sites for hydroxylation is 1. The molecule has 9 heteroatoms. The number of nitrogens with one attached hydrogen (secondary N) is 1. The van der Waals surface area contributed by atoms with E-state index >= 15 is 0 Å². The Balaban J connectivity index is 1.45. The lowest BCUT2D eigenvalue weighted by molar-refractivity contribution is -0.125. The lowest BCUT2D eigenvalue weighted by atomic mass is 9.97. The van der Waals surface area contributed by atoms with E-state index in [2.05, 4.69) is 20.3 Å². The molecule has 1 amide bonds. The predicted octanol–water partition coefficient (Wildman–Crippen LogP) is 2.00. The topological polar surface area (TPSA) is 88.8 Å². The summed E-state index contributed by atoms with van der Waals surface area (Å²) >= 11 is 1.38. The molecule has 1 aromatic carbocycles. The van der Waals surface area contributed by atoms with Crippen molar-refractivity contribution < 1.29 is 9.53 Å². The molecule has 1 saturated heterocycles. The second-order valence-electron chi connectivity index (χ2n) is 7.13. The quantitative estimate of drug-likeness (QED) is 0.688. The Bertz CT molecular complexity index is 1090. The number of piperidine rings is 1. The smallest absolute Gasteiger partial charge is 0.275 e. The Morgan fingerprint density at radius 2 is 2.21 bits per heavy atom. The fraction of sp³-hybridized carbons (Fsp3) is 0.400. The number of para-hydroxylation sites is 1. The summed E-state index contributed by atoms with van der Waals surface area (Å²) in [5.74, 6) is 0.658. The van der Waals surface area contributed by atoms with E-state index in [-0.39, 0.29) is 17.4 Å². The van der Waals surface area contributed by atoms with E-state index in [1.165, 1.54) is 21.9 Å². The zero-order valence-electron chi connectivity index (χ0n) is 16.4. The summed E-state index contributed by atoms with van der Waals surface area (Å²) < 4.78 is 6.68. The number of hydrogen-bond donors (Lipinski definition) is 1. The Morgan fingerprint density at radius 3 is 3.03 bits per heavy atom. The summed E-state index contributed by atoms with van der Waals surface area (Å²) in [6.45, 7) is 3.61. The molecule has 1 fully saturated rings. The molecule has 0 radical (unpaired) electrons. The molecule has 0 saturated carbocycles. The molecule has 3 aromatic rings. The lowest BCUT2D eigenvalue weighted by Crippen LogP contribution is -2.43. The van der Waals surface area contributed by atoms with Crippen molar-refractivity contribution in [1.29, 1.82) is 0 Å². The van der Waals surface area contributed by atoms with Gasteiger partial charge in [0.25, 0.3) is 5.56 Å². The second kappa shape index (κ2) is 8.20. The van der Waals surface area contributed by atoms with Crippen LogP contribution in [0.15, 0.2) is 35.1 Å². The van der Waals surface area contributed by atoms with Crippen molar-refractivity contribution in [2.75, 3.05) is 25.1 Å². The third-order valence-electron chi connectivity index (χ3n) is 5.07. The summed E-state index contributed by atoms with van der Waals surface area (Å²) in [5.41, 5.74) is 1.44. The van der Waals surface area contributed by atoms with Gasteiger partial charge in [0.05, 0.1) is 13.0 Å². The highest BCUT2D eigenvalue weighted by molar-refractivity contribution is 7.20. The number of carbonyl (C=O) groups excluding carboxylic acids is 1. The first-order valence-corrected chi connectivity index (χ1v) is 10.4. The minimum absolute atomic E-state index is 0.0212. The Morgan fingerprint density at radius 1 is 1.38 bits per heavy atom. The highest BCUT2D eigenvalue weighted by Crippen LogP contribution is 2.27. The summed E-state index contributed by atoms with van der Waals surface area (Å²) in [4.78, 5) is 31.9.